The molecule has 7 heteroatoms. The number of rotatable bonds is 6. The van der Waals surface area contributed by atoms with E-state index in [1.165, 1.54) is 31.7 Å². The van der Waals surface area contributed by atoms with E-state index >= 15 is 0 Å². The SMILES string of the molecule is C=C1CC(OC(=O)C2(c3ccccc3)CCCCCC2)C1CC[NH3+].CC(=O)Nc1cccnc1.CCl. The third kappa shape index (κ3) is 8.17. The molecule has 2 aliphatic carbocycles. The second kappa shape index (κ2) is 15.4. The number of nitrogens with zero attached hydrogens (tertiary/aromatic N) is 1. The molecule has 0 aliphatic heterocycles. The summed E-state index contributed by atoms with van der Waals surface area (Å²) < 4.78 is 6.05. The molecule has 2 saturated carbocycles. The highest BCUT2D eigenvalue weighted by molar-refractivity contribution is 6.15. The molecule has 0 spiro atoms. The third-order valence-corrected chi connectivity index (χ3v) is 6.87. The molecule has 6 nitrogen and oxygen atoms in total. The number of amides is 1. The molecule has 0 saturated heterocycles. The van der Waals surface area contributed by atoms with Crippen LogP contribution in [0, 0.1) is 5.92 Å². The summed E-state index contributed by atoms with van der Waals surface area (Å²) in [6.45, 7) is 6.43. The number of esters is 1. The predicted molar refractivity (Wildman–Crippen MR) is 146 cm³/mol. The standard InChI is InChI=1S/C21H29NO2.C7H8N2O.CH3Cl/c1-16-15-19(18(16)11-14-22)24-20(23)21(12-7-2-3-8-13-21)17-9-5-4-6-10-17;1-6(10)9-7-3-2-4-8-5-7;1-2/h4-6,9-10,18-19H,1-3,7-8,11-15,22H2;2-5H,1H3,(H,9,10);1H3/p+1. The van der Waals surface area contributed by atoms with Gasteiger partial charge in [0, 0.05) is 38.3 Å². The van der Waals surface area contributed by atoms with E-state index < -0.39 is 5.41 Å². The first-order valence-electron chi connectivity index (χ1n) is 12.7. The van der Waals surface area contributed by atoms with Crippen molar-refractivity contribution in [3.05, 3.63) is 72.6 Å². The van der Waals surface area contributed by atoms with Gasteiger partial charge in [0.25, 0.3) is 0 Å². The molecule has 196 valence electrons. The van der Waals surface area contributed by atoms with Crippen LogP contribution in [0.25, 0.3) is 0 Å². The van der Waals surface area contributed by atoms with Gasteiger partial charge in [0.1, 0.15) is 6.10 Å². The molecule has 1 heterocycles. The quantitative estimate of drug-likeness (QED) is 0.237. The maximum Gasteiger partial charge on any atom is 0.316 e. The van der Waals surface area contributed by atoms with Gasteiger partial charge in [-0.25, -0.2) is 0 Å². The number of carbonyl (C=O) groups excluding carboxylic acids is 2. The molecule has 1 aromatic heterocycles. The van der Waals surface area contributed by atoms with Gasteiger partial charge in [-0.3, -0.25) is 14.6 Å². The molecule has 1 aromatic carbocycles. The van der Waals surface area contributed by atoms with Gasteiger partial charge < -0.3 is 15.8 Å². The van der Waals surface area contributed by atoms with Gasteiger partial charge in [-0.05, 0) is 30.5 Å². The average molecular weight is 515 g/mol. The molecular weight excluding hydrogens is 474 g/mol. The van der Waals surface area contributed by atoms with Gasteiger partial charge >= 0.3 is 5.97 Å². The molecular formula is C29H41ClN3O3+. The summed E-state index contributed by atoms with van der Waals surface area (Å²) in [6.07, 6.45) is 13.0. The minimum absolute atomic E-state index is 0.00981. The minimum Gasteiger partial charge on any atom is -0.461 e. The van der Waals surface area contributed by atoms with Crippen LogP contribution in [0.5, 0.6) is 0 Å². The van der Waals surface area contributed by atoms with Gasteiger partial charge in [0.15, 0.2) is 0 Å². The Labute approximate surface area is 220 Å². The smallest absolute Gasteiger partial charge is 0.316 e. The Balaban J connectivity index is 0.000000318. The number of anilines is 1. The highest BCUT2D eigenvalue weighted by Crippen LogP contribution is 2.43. The van der Waals surface area contributed by atoms with Crippen LogP contribution in [0.3, 0.4) is 0 Å². The summed E-state index contributed by atoms with van der Waals surface area (Å²) in [5.74, 6) is 0.222. The van der Waals surface area contributed by atoms with Crippen molar-refractivity contribution in [2.75, 3.05) is 18.2 Å². The summed E-state index contributed by atoms with van der Waals surface area (Å²) >= 11 is 4.64. The number of pyridine rings is 1. The van der Waals surface area contributed by atoms with Crippen molar-refractivity contribution < 1.29 is 20.1 Å². The average Bonchev–Trinajstić information content (AvgIpc) is 3.17. The molecule has 2 unspecified atom stereocenters. The molecule has 36 heavy (non-hydrogen) atoms. The summed E-state index contributed by atoms with van der Waals surface area (Å²) in [5.41, 5.74) is 6.56. The van der Waals surface area contributed by atoms with Crippen LogP contribution >= 0.6 is 11.6 Å². The molecule has 2 aromatic rings. The summed E-state index contributed by atoms with van der Waals surface area (Å²) in [4.78, 5) is 27.6. The largest absolute Gasteiger partial charge is 0.461 e. The number of quaternary nitrogens is 1. The molecule has 4 rings (SSSR count). The van der Waals surface area contributed by atoms with Crippen molar-refractivity contribution in [2.24, 2.45) is 5.92 Å². The number of carbonyl (C=O) groups is 2. The molecule has 2 fully saturated rings. The van der Waals surface area contributed by atoms with Crippen LogP contribution in [0.4, 0.5) is 5.69 Å². The zero-order valence-corrected chi connectivity index (χ0v) is 22.4. The van der Waals surface area contributed by atoms with Crippen molar-refractivity contribution in [1.82, 2.24) is 4.98 Å². The van der Waals surface area contributed by atoms with Crippen LogP contribution in [-0.2, 0) is 19.7 Å². The van der Waals surface area contributed by atoms with Crippen molar-refractivity contribution in [1.29, 1.82) is 0 Å². The van der Waals surface area contributed by atoms with E-state index in [1.54, 1.807) is 24.5 Å². The van der Waals surface area contributed by atoms with Gasteiger partial charge in [0.2, 0.25) is 5.91 Å². The Morgan fingerprint density at radius 2 is 1.78 bits per heavy atom. The van der Waals surface area contributed by atoms with Crippen molar-refractivity contribution in [3.63, 3.8) is 0 Å². The van der Waals surface area contributed by atoms with Crippen LogP contribution < -0.4 is 11.1 Å². The Kier molecular flexibility index (Phi) is 12.6. The number of ether oxygens (including phenoxy) is 1. The lowest BCUT2D eigenvalue weighted by molar-refractivity contribution is -0.371. The summed E-state index contributed by atoms with van der Waals surface area (Å²) in [7, 11) is 0. The van der Waals surface area contributed by atoms with E-state index in [0.717, 1.165) is 56.3 Å². The number of hydrogen-bond acceptors (Lipinski definition) is 4. The highest BCUT2D eigenvalue weighted by Gasteiger charge is 2.45. The van der Waals surface area contributed by atoms with Gasteiger partial charge in [0.05, 0.1) is 23.8 Å². The molecule has 0 bridgehead atoms. The molecule has 0 radical (unpaired) electrons. The zero-order chi connectivity index (χ0) is 26.4. The lowest BCUT2D eigenvalue weighted by atomic mass is 9.72. The molecule has 2 atom stereocenters. The van der Waals surface area contributed by atoms with E-state index in [1.807, 2.05) is 18.2 Å². The van der Waals surface area contributed by atoms with Crippen LogP contribution in [-0.4, -0.2) is 35.9 Å². The molecule has 4 N–H and O–H groups in total. The van der Waals surface area contributed by atoms with Crippen LogP contribution in [0.2, 0.25) is 0 Å². The maximum absolute atomic E-state index is 13.3. The first-order valence-corrected chi connectivity index (χ1v) is 13.5. The number of nitrogens with one attached hydrogen (secondary N) is 1. The first kappa shape index (κ1) is 29.5. The Morgan fingerprint density at radius 1 is 1.11 bits per heavy atom. The fourth-order valence-electron chi connectivity index (χ4n) is 4.98. The third-order valence-electron chi connectivity index (χ3n) is 6.87. The summed E-state index contributed by atoms with van der Waals surface area (Å²) in [5, 5.41) is 2.60. The van der Waals surface area contributed by atoms with E-state index in [4.69, 9.17) is 4.74 Å². The number of hydrogen-bond donors (Lipinski definition) is 2. The normalized spacial score (nSPS) is 20.2. The fraction of sp³-hybridized carbons (Fsp3) is 0.483. The zero-order valence-electron chi connectivity index (χ0n) is 21.7. The topological polar surface area (TPSA) is 95.9 Å². The molecule has 2 aliphatic rings. The van der Waals surface area contributed by atoms with Crippen molar-refractivity contribution in [3.8, 4) is 0 Å². The van der Waals surface area contributed by atoms with E-state index in [2.05, 4.69) is 46.3 Å². The van der Waals surface area contributed by atoms with Gasteiger partial charge in [-0.1, -0.05) is 68.2 Å². The summed E-state index contributed by atoms with van der Waals surface area (Å²) in [6, 6.07) is 13.8. The van der Waals surface area contributed by atoms with Crippen molar-refractivity contribution in [2.45, 2.75) is 69.8 Å². The monoisotopic (exact) mass is 514 g/mol. The second-order valence-electron chi connectivity index (χ2n) is 9.34. The second-order valence-corrected chi connectivity index (χ2v) is 9.34. The number of benzene rings is 1. The van der Waals surface area contributed by atoms with Crippen molar-refractivity contribution >= 4 is 29.2 Å². The Bertz CT molecular complexity index is 945. The first-order chi connectivity index (χ1) is 17.5. The number of halogens is 1. The van der Waals surface area contributed by atoms with Crippen LogP contribution in [0.15, 0.2) is 67.0 Å². The number of alkyl halides is 1. The maximum atomic E-state index is 13.3. The predicted octanol–water partition coefficient (Wildman–Crippen LogP) is 5.29. The lowest BCUT2D eigenvalue weighted by Gasteiger charge is -2.41. The van der Waals surface area contributed by atoms with E-state index in [9.17, 15) is 9.59 Å². The highest BCUT2D eigenvalue weighted by atomic mass is 35.5. The minimum atomic E-state index is -0.455. The van der Waals surface area contributed by atoms with Crippen LogP contribution in [0.1, 0.15) is 63.9 Å². The van der Waals surface area contributed by atoms with E-state index in [-0.39, 0.29) is 18.0 Å². The van der Waals surface area contributed by atoms with E-state index in [0.29, 0.717) is 5.92 Å². The Hall–Kier alpha value is -2.70. The number of aromatic nitrogens is 1. The van der Waals surface area contributed by atoms with Gasteiger partial charge in [-0.2, -0.15) is 0 Å². The lowest BCUT2D eigenvalue weighted by Crippen LogP contribution is -2.53. The molecule has 1 amide bonds. The Morgan fingerprint density at radius 3 is 2.31 bits per heavy atom. The fourth-order valence-corrected chi connectivity index (χ4v) is 4.98. The van der Waals surface area contributed by atoms with Gasteiger partial charge in [-0.15, -0.1) is 11.6 Å².